The Morgan fingerprint density at radius 2 is 1.00 bits per heavy atom. The molecule has 0 rings (SSSR count). The molecular formula is C8H21O5Ti-. The Labute approximate surface area is 101 Å². The number of hydrogen-bond acceptors (Lipinski definition) is 5. The molecule has 0 fully saturated rings. The normalized spacial score (nSPS) is 5.64. The number of aliphatic carboxylic acids is 1. The number of aliphatic hydroxyl groups is 3. The van der Waals surface area contributed by atoms with Crippen LogP contribution in [0, 0.1) is 0 Å². The van der Waals surface area contributed by atoms with Gasteiger partial charge in [-0.1, -0.05) is 0 Å². The predicted molar refractivity (Wildman–Crippen MR) is 49.0 cm³/mol. The van der Waals surface area contributed by atoms with Crippen LogP contribution in [0.25, 0.3) is 0 Å². The SMILES string of the molecule is CC(=O)[O-].CCO.CCO.CCO.[Ti]. The second-order valence-electron chi connectivity index (χ2n) is 1.44. The van der Waals surface area contributed by atoms with Gasteiger partial charge in [0.25, 0.3) is 0 Å². The molecule has 0 atom stereocenters. The molecule has 3 N–H and O–H groups in total. The van der Waals surface area contributed by atoms with Crippen molar-refractivity contribution < 1.29 is 46.9 Å². The van der Waals surface area contributed by atoms with Crippen LogP contribution in [0.3, 0.4) is 0 Å². The first-order valence-corrected chi connectivity index (χ1v) is 3.98. The van der Waals surface area contributed by atoms with Crippen LogP contribution in [0.1, 0.15) is 27.7 Å². The smallest absolute Gasteiger partial charge is 0.0402 e. The van der Waals surface area contributed by atoms with E-state index in [9.17, 15) is 0 Å². The minimum atomic E-state index is -1.08. The summed E-state index contributed by atoms with van der Waals surface area (Å²) in [4.78, 5) is 8.89. The zero-order valence-corrected chi connectivity index (χ0v) is 10.8. The minimum Gasteiger partial charge on any atom is -0.550 e. The predicted octanol–water partition coefficient (Wildman–Crippen LogP) is -1.25. The number of carboxylic acid groups (broad SMARTS) is 1. The standard InChI is InChI=1S/C2H4O2.3C2H6O.Ti/c1-2(3)4;3*1-2-3;/h1H3,(H,3,4);3*3H,2H2,1H3;/p-1. The van der Waals surface area contributed by atoms with Gasteiger partial charge in [0.15, 0.2) is 0 Å². The number of carboxylic acids is 1. The third-order valence-corrected chi connectivity index (χ3v) is 0. The largest absolute Gasteiger partial charge is 0.550 e. The maximum Gasteiger partial charge on any atom is 0.0402 e. The number of aliphatic hydroxyl groups excluding tert-OH is 3. The Bertz CT molecular complexity index is 62.0. The number of hydrogen-bond donors (Lipinski definition) is 3. The first-order valence-electron chi connectivity index (χ1n) is 3.98. The first kappa shape index (κ1) is 29.2. The molecule has 14 heavy (non-hydrogen) atoms. The molecule has 0 aliphatic carbocycles. The van der Waals surface area contributed by atoms with Gasteiger partial charge in [-0.3, -0.25) is 0 Å². The van der Waals surface area contributed by atoms with E-state index in [0.29, 0.717) is 0 Å². The summed E-state index contributed by atoms with van der Waals surface area (Å²) in [5.41, 5.74) is 0. The van der Waals surface area contributed by atoms with E-state index in [1.165, 1.54) is 0 Å². The average Bonchev–Trinajstić information content (AvgIpc) is 1.88. The van der Waals surface area contributed by atoms with Gasteiger partial charge >= 0.3 is 0 Å². The van der Waals surface area contributed by atoms with Gasteiger partial charge in [0.05, 0.1) is 0 Å². The molecule has 0 radical (unpaired) electrons. The van der Waals surface area contributed by atoms with Crippen molar-refractivity contribution in [2.75, 3.05) is 19.8 Å². The van der Waals surface area contributed by atoms with Gasteiger partial charge in [-0.05, 0) is 27.7 Å². The van der Waals surface area contributed by atoms with E-state index in [1.807, 2.05) is 0 Å². The summed E-state index contributed by atoms with van der Waals surface area (Å²) in [6, 6.07) is 0. The Morgan fingerprint density at radius 1 is 1.00 bits per heavy atom. The van der Waals surface area contributed by atoms with Crippen molar-refractivity contribution in [3.05, 3.63) is 0 Å². The molecule has 0 heterocycles. The van der Waals surface area contributed by atoms with Crippen LogP contribution in [-0.4, -0.2) is 41.1 Å². The van der Waals surface area contributed by atoms with Crippen molar-refractivity contribution in [2.24, 2.45) is 0 Å². The van der Waals surface area contributed by atoms with Crippen LogP contribution in [-0.2, 0) is 26.5 Å². The number of carbonyl (C=O) groups excluding carboxylic acids is 1. The molecule has 0 saturated heterocycles. The Kier molecular flexibility index (Phi) is 108. The Morgan fingerprint density at radius 3 is 1.00 bits per heavy atom. The molecule has 0 saturated carbocycles. The zero-order chi connectivity index (χ0) is 11.7. The minimum absolute atomic E-state index is 0. The maximum atomic E-state index is 8.89. The van der Waals surface area contributed by atoms with E-state index < -0.39 is 5.97 Å². The van der Waals surface area contributed by atoms with Gasteiger partial charge in [0.1, 0.15) is 0 Å². The molecular weight excluding hydrogens is 224 g/mol. The molecule has 6 heteroatoms. The molecule has 0 unspecified atom stereocenters. The molecule has 0 aliphatic rings. The summed E-state index contributed by atoms with van der Waals surface area (Å²) in [5.74, 6) is -1.08. The van der Waals surface area contributed by atoms with Crippen molar-refractivity contribution in [3.8, 4) is 0 Å². The fraction of sp³-hybridized carbons (Fsp3) is 0.875. The van der Waals surface area contributed by atoms with E-state index in [0.717, 1.165) is 6.92 Å². The molecule has 0 aliphatic heterocycles. The Hall–Kier alpha value is 0.0643. The molecule has 0 amide bonds. The van der Waals surface area contributed by atoms with Crippen molar-refractivity contribution in [1.82, 2.24) is 0 Å². The molecule has 88 valence electrons. The summed E-state index contributed by atoms with van der Waals surface area (Å²) in [6.07, 6.45) is 0. The van der Waals surface area contributed by atoms with Crippen LogP contribution in [0.4, 0.5) is 0 Å². The number of carbonyl (C=O) groups is 1. The molecule has 0 aromatic heterocycles. The van der Waals surface area contributed by atoms with Gasteiger partial charge in [0.2, 0.25) is 0 Å². The van der Waals surface area contributed by atoms with E-state index >= 15 is 0 Å². The van der Waals surface area contributed by atoms with Crippen LogP contribution >= 0.6 is 0 Å². The number of rotatable bonds is 0. The average molecular weight is 245 g/mol. The van der Waals surface area contributed by atoms with Crippen molar-refractivity contribution >= 4 is 5.97 Å². The van der Waals surface area contributed by atoms with Crippen molar-refractivity contribution in [1.29, 1.82) is 0 Å². The molecule has 0 aromatic rings. The van der Waals surface area contributed by atoms with E-state index in [1.54, 1.807) is 20.8 Å². The quantitative estimate of drug-likeness (QED) is 0.463. The van der Waals surface area contributed by atoms with Gasteiger partial charge in [-0.15, -0.1) is 0 Å². The topological polar surface area (TPSA) is 101 Å². The van der Waals surface area contributed by atoms with Gasteiger partial charge in [0, 0.05) is 47.5 Å². The van der Waals surface area contributed by atoms with Crippen LogP contribution in [0.15, 0.2) is 0 Å². The maximum absolute atomic E-state index is 8.89. The second kappa shape index (κ2) is 51.7. The zero-order valence-electron chi connectivity index (χ0n) is 9.28. The van der Waals surface area contributed by atoms with Crippen molar-refractivity contribution in [3.63, 3.8) is 0 Å². The molecule has 5 nitrogen and oxygen atoms in total. The van der Waals surface area contributed by atoms with E-state index in [2.05, 4.69) is 0 Å². The molecule has 0 bridgehead atoms. The summed E-state index contributed by atoms with van der Waals surface area (Å²) >= 11 is 0. The van der Waals surface area contributed by atoms with Crippen LogP contribution in [0.2, 0.25) is 0 Å². The monoisotopic (exact) mass is 245 g/mol. The summed E-state index contributed by atoms with van der Waals surface area (Å²) in [5, 5.41) is 31.6. The van der Waals surface area contributed by atoms with E-state index in [-0.39, 0.29) is 41.5 Å². The van der Waals surface area contributed by atoms with Gasteiger partial charge in [-0.25, -0.2) is 0 Å². The van der Waals surface area contributed by atoms with Crippen molar-refractivity contribution in [2.45, 2.75) is 27.7 Å². The summed E-state index contributed by atoms with van der Waals surface area (Å²) in [7, 11) is 0. The first-order chi connectivity index (χ1) is 5.97. The van der Waals surface area contributed by atoms with Crippen LogP contribution < -0.4 is 5.11 Å². The molecule has 0 spiro atoms. The third-order valence-electron chi connectivity index (χ3n) is 0. The van der Waals surface area contributed by atoms with Crippen LogP contribution in [0.5, 0.6) is 0 Å². The van der Waals surface area contributed by atoms with E-state index in [4.69, 9.17) is 25.2 Å². The van der Waals surface area contributed by atoms with Gasteiger partial charge in [-0.2, -0.15) is 0 Å². The van der Waals surface area contributed by atoms with Gasteiger partial charge < -0.3 is 25.2 Å². The second-order valence-corrected chi connectivity index (χ2v) is 1.44. The Balaban J connectivity index is -0.0000000254. The fourth-order valence-electron chi connectivity index (χ4n) is 0. The summed E-state index contributed by atoms with van der Waals surface area (Å²) in [6.45, 7) is 6.76. The third kappa shape index (κ3) is 357000. The molecule has 0 aromatic carbocycles. The summed E-state index contributed by atoms with van der Waals surface area (Å²) < 4.78 is 0. The fourth-order valence-corrected chi connectivity index (χ4v) is 0.